The number of aliphatic hydroxyl groups excluding tert-OH is 1. The molecule has 0 radical (unpaired) electrons. The first-order valence-corrected chi connectivity index (χ1v) is 12.2. The van der Waals surface area contributed by atoms with Crippen molar-refractivity contribution in [2.24, 2.45) is 0 Å². The van der Waals surface area contributed by atoms with Crippen LogP contribution in [0.2, 0.25) is 0 Å². The Morgan fingerprint density at radius 2 is 1.89 bits per heavy atom. The summed E-state index contributed by atoms with van der Waals surface area (Å²) in [7, 11) is 0. The van der Waals surface area contributed by atoms with Crippen molar-refractivity contribution in [1.82, 2.24) is 19.9 Å². The van der Waals surface area contributed by atoms with Crippen molar-refractivity contribution in [2.75, 3.05) is 19.8 Å². The minimum Gasteiger partial charge on any atom is -0.486 e. The van der Waals surface area contributed by atoms with Crippen LogP contribution >= 0.6 is 0 Å². The summed E-state index contributed by atoms with van der Waals surface area (Å²) in [5.41, 5.74) is 2.41. The summed E-state index contributed by atoms with van der Waals surface area (Å²) in [4.78, 5) is 21.6. The maximum absolute atomic E-state index is 12.7. The van der Waals surface area contributed by atoms with Crippen molar-refractivity contribution in [1.29, 1.82) is 0 Å². The zero-order valence-corrected chi connectivity index (χ0v) is 19.8. The van der Waals surface area contributed by atoms with Gasteiger partial charge in [0.1, 0.15) is 19.3 Å². The Hall–Kier alpha value is -3.01. The van der Waals surface area contributed by atoms with E-state index in [1.54, 1.807) is 23.0 Å². The number of pyridine rings is 3. The summed E-state index contributed by atoms with van der Waals surface area (Å²) in [6.07, 6.45) is 5.95. The average molecular weight is 479 g/mol. The lowest BCUT2D eigenvalue weighted by Gasteiger charge is -2.55. The Bertz CT molecular complexity index is 1300. The van der Waals surface area contributed by atoms with Crippen LogP contribution < -0.4 is 20.3 Å². The van der Waals surface area contributed by atoms with Crippen LogP contribution in [0.25, 0.3) is 11.0 Å². The molecule has 35 heavy (non-hydrogen) atoms. The van der Waals surface area contributed by atoms with Crippen LogP contribution in [0.5, 0.6) is 11.5 Å². The monoisotopic (exact) mass is 478 g/mol. The molecule has 1 atom stereocenters. The molecule has 2 saturated heterocycles. The van der Waals surface area contributed by atoms with Crippen LogP contribution in [0, 0.1) is 6.92 Å². The van der Waals surface area contributed by atoms with Gasteiger partial charge >= 0.3 is 0 Å². The third kappa shape index (κ3) is 4.07. The maximum atomic E-state index is 12.7. The van der Waals surface area contributed by atoms with Crippen LogP contribution in [0.15, 0.2) is 41.5 Å². The number of aliphatic hydroxyl groups is 1. The minimum absolute atomic E-state index is 0.144. The van der Waals surface area contributed by atoms with E-state index in [1.165, 1.54) is 6.07 Å². The second-order valence-corrected chi connectivity index (χ2v) is 10.0. The van der Waals surface area contributed by atoms with Gasteiger partial charge in [-0.15, -0.1) is 0 Å². The Morgan fingerprint density at radius 1 is 1.09 bits per heavy atom. The normalized spacial score (nSPS) is 26.1. The second kappa shape index (κ2) is 8.58. The number of fused-ring (bicyclic) bond motifs is 5. The molecule has 1 unspecified atom stereocenters. The van der Waals surface area contributed by atoms with E-state index in [2.05, 4.69) is 15.3 Å². The lowest BCUT2D eigenvalue weighted by molar-refractivity contribution is -0.211. The summed E-state index contributed by atoms with van der Waals surface area (Å²) < 4.78 is 19.2. The molecule has 2 N–H and O–H groups in total. The van der Waals surface area contributed by atoms with Gasteiger partial charge in [0.25, 0.3) is 5.56 Å². The van der Waals surface area contributed by atoms with E-state index in [9.17, 15) is 9.90 Å². The van der Waals surface area contributed by atoms with Crippen LogP contribution in [0.4, 0.5) is 0 Å². The number of nitrogens with zero attached hydrogens (tertiary/aromatic N) is 3. The highest BCUT2D eigenvalue weighted by Crippen LogP contribution is 2.46. The highest BCUT2D eigenvalue weighted by molar-refractivity contribution is 5.74. The third-order valence-corrected chi connectivity index (χ3v) is 7.76. The second-order valence-electron chi connectivity index (χ2n) is 10.0. The van der Waals surface area contributed by atoms with Crippen LogP contribution in [-0.2, 0) is 17.8 Å². The molecule has 0 spiro atoms. The van der Waals surface area contributed by atoms with E-state index < -0.39 is 11.7 Å². The maximum Gasteiger partial charge on any atom is 0.251 e. The molecular weight excluding hydrogens is 448 g/mol. The van der Waals surface area contributed by atoms with Gasteiger partial charge in [-0.05, 0) is 50.3 Å². The van der Waals surface area contributed by atoms with Crippen molar-refractivity contribution in [3.05, 3.63) is 58.3 Å². The number of ether oxygens (including phenoxy) is 3. The van der Waals surface area contributed by atoms with Gasteiger partial charge in [0.2, 0.25) is 0 Å². The first-order chi connectivity index (χ1) is 17.0. The number of nitrogens with one attached hydrogen (secondary N) is 1. The molecule has 184 valence electrons. The van der Waals surface area contributed by atoms with Gasteiger partial charge in [-0.25, -0.2) is 0 Å². The highest BCUT2D eigenvalue weighted by Gasteiger charge is 2.53. The molecule has 1 saturated carbocycles. The van der Waals surface area contributed by atoms with E-state index in [4.69, 9.17) is 14.2 Å². The molecule has 3 aromatic heterocycles. The standard InChI is InChI=1S/C26H30N4O5/c1-17-10-20-19(28-12-17)2-3-24(32)30(20)15-23(31)26-6-4-25(5-7-26,16-35-26)29-13-18-11-21-22(14-27-18)34-9-8-33-21/h2-3,10-12,14,23,29,31H,4-9,13,15-16H2,1H3. The van der Waals surface area contributed by atoms with Gasteiger partial charge in [-0.1, -0.05) is 0 Å². The SMILES string of the molecule is Cc1cnc2ccc(=O)n(CC(O)C34CCC(NCc5cc6c(cn5)OCCO6)(CC3)CO4)c2c1. The molecule has 4 aliphatic rings. The Kier molecular flexibility index (Phi) is 5.51. The van der Waals surface area contributed by atoms with Crippen molar-refractivity contribution in [2.45, 2.75) is 62.9 Å². The lowest BCUT2D eigenvalue weighted by atomic mass is 9.69. The van der Waals surface area contributed by atoms with Crippen LogP contribution in [0.3, 0.4) is 0 Å². The van der Waals surface area contributed by atoms with Crippen molar-refractivity contribution >= 4 is 11.0 Å². The van der Waals surface area contributed by atoms with Gasteiger partial charge in [0, 0.05) is 30.4 Å². The zero-order chi connectivity index (χ0) is 24.0. The number of hydrogen-bond acceptors (Lipinski definition) is 8. The van der Waals surface area contributed by atoms with Crippen LogP contribution in [-0.4, -0.2) is 56.7 Å². The molecular formula is C26H30N4O5. The predicted octanol–water partition coefficient (Wildman–Crippen LogP) is 2.10. The van der Waals surface area contributed by atoms with Gasteiger partial charge in [-0.3, -0.25) is 14.8 Å². The fourth-order valence-corrected chi connectivity index (χ4v) is 5.54. The summed E-state index contributed by atoms with van der Waals surface area (Å²) in [6, 6.07) is 7.11. The van der Waals surface area contributed by atoms with Gasteiger partial charge in [-0.2, -0.15) is 0 Å². The van der Waals surface area contributed by atoms with E-state index in [0.717, 1.165) is 53.7 Å². The number of hydrogen-bond donors (Lipinski definition) is 2. The van der Waals surface area contributed by atoms with Gasteiger partial charge in [0.15, 0.2) is 11.5 Å². The highest BCUT2D eigenvalue weighted by atomic mass is 16.6. The molecule has 3 aromatic rings. The molecule has 3 aliphatic heterocycles. The van der Waals surface area contributed by atoms with Crippen molar-refractivity contribution in [3.63, 3.8) is 0 Å². The molecule has 7 rings (SSSR count). The summed E-state index contributed by atoms with van der Waals surface area (Å²) >= 11 is 0. The topological polar surface area (TPSA) is 108 Å². The summed E-state index contributed by atoms with van der Waals surface area (Å²) in [5.74, 6) is 1.42. The largest absolute Gasteiger partial charge is 0.486 e. The molecule has 0 amide bonds. The summed E-state index contributed by atoms with van der Waals surface area (Å²) in [5, 5.41) is 15.0. The van der Waals surface area contributed by atoms with Crippen molar-refractivity contribution in [3.8, 4) is 11.5 Å². The molecule has 2 bridgehead atoms. The van der Waals surface area contributed by atoms with E-state index in [1.807, 2.05) is 19.1 Å². The Morgan fingerprint density at radius 3 is 2.66 bits per heavy atom. The fraction of sp³-hybridized carbons (Fsp3) is 0.500. The molecule has 9 nitrogen and oxygen atoms in total. The smallest absolute Gasteiger partial charge is 0.251 e. The van der Waals surface area contributed by atoms with Gasteiger partial charge in [0.05, 0.1) is 41.7 Å². The van der Waals surface area contributed by atoms with Crippen LogP contribution in [0.1, 0.15) is 36.9 Å². The fourth-order valence-electron chi connectivity index (χ4n) is 5.54. The lowest BCUT2D eigenvalue weighted by Crippen LogP contribution is -2.65. The molecule has 9 heteroatoms. The Labute approximate surface area is 203 Å². The predicted molar refractivity (Wildman–Crippen MR) is 129 cm³/mol. The quantitative estimate of drug-likeness (QED) is 0.555. The number of aryl methyl sites for hydroxylation is 1. The minimum atomic E-state index is -0.788. The van der Waals surface area contributed by atoms with E-state index >= 15 is 0 Å². The average Bonchev–Trinajstić information content (AvgIpc) is 2.90. The van der Waals surface area contributed by atoms with Gasteiger partial charge < -0.3 is 29.2 Å². The number of rotatable bonds is 6. The zero-order valence-electron chi connectivity index (χ0n) is 19.8. The molecule has 6 heterocycles. The third-order valence-electron chi connectivity index (χ3n) is 7.76. The molecule has 3 fully saturated rings. The first-order valence-electron chi connectivity index (χ1n) is 12.2. The van der Waals surface area contributed by atoms with Crippen molar-refractivity contribution < 1.29 is 19.3 Å². The molecule has 0 aromatic carbocycles. The summed E-state index contributed by atoms with van der Waals surface area (Å²) in [6.45, 7) is 4.34. The molecule has 1 aliphatic carbocycles. The first kappa shape index (κ1) is 22.5. The van der Waals surface area contributed by atoms with E-state index in [0.29, 0.717) is 32.1 Å². The van der Waals surface area contributed by atoms with E-state index in [-0.39, 0.29) is 17.6 Å². The Balaban J connectivity index is 1.13. The number of aromatic nitrogens is 3.